The molecule has 4 rings (SSSR count). The summed E-state index contributed by atoms with van der Waals surface area (Å²) in [5, 5.41) is 17.8. The molecule has 1 aliphatic rings. The number of hydrogen-bond acceptors (Lipinski definition) is 5. The fourth-order valence-corrected chi connectivity index (χ4v) is 6.34. The summed E-state index contributed by atoms with van der Waals surface area (Å²) >= 11 is 0. The Kier molecular flexibility index (Phi) is 11.0. The van der Waals surface area contributed by atoms with Gasteiger partial charge in [0.05, 0.1) is 13.2 Å². The average Bonchev–Trinajstić information content (AvgIpc) is 3.34. The Labute approximate surface area is 227 Å². The standard InChI is InChI=1S/C30H42N3O4P/c1-22(2)38(37-21-26-20-25-8-3-4-9-28(25)32-26)33-29(30(34)35)19-24-10-12-27(13-11-24)36-18-6-5-7-23-14-16-31-17-15-23/h3-4,8-13,20,22-23,29,31-33H,5-7,14-19,21H2,1-2H3,(H,34,35). The van der Waals surface area contributed by atoms with Crippen LogP contribution in [0, 0.1) is 5.92 Å². The molecule has 1 aromatic heterocycles. The van der Waals surface area contributed by atoms with Crippen molar-refractivity contribution in [3.63, 3.8) is 0 Å². The number of carbonyl (C=O) groups is 1. The van der Waals surface area contributed by atoms with E-state index in [4.69, 9.17) is 9.26 Å². The fourth-order valence-electron chi connectivity index (χ4n) is 4.88. The predicted octanol–water partition coefficient (Wildman–Crippen LogP) is 6.24. The van der Waals surface area contributed by atoms with Gasteiger partial charge in [0.25, 0.3) is 0 Å². The summed E-state index contributed by atoms with van der Waals surface area (Å²) in [5.41, 5.74) is 3.18. The van der Waals surface area contributed by atoms with Crippen LogP contribution in [0.25, 0.3) is 10.9 Å². The number of piperidine rings is 1. The normalized spacial score (nSPS) is 16.1. The number of H-pyrrole nitrogens is 1. The molecular formula is C30H42N3O4P. The number of carboxylic acids is 1. The number of nitrogens with one attached hydrogen (secondary N) is 3. The van der Waals surface area contributed by atoms with Crippen LogP contribution in [0.2, 0.25) is 0 Å². The van der Waals surface area contributed by atoms with Gasteiger partial charge in [0.15, 0.2) is 0 Å². The molecule has 2 heterocycles. The summed E-state index contributed by atoms with van der Waals surface area (Å²) in [7, 11) is -1.14. The number of carboxylic acid groups (broad SMARTS) is 1. The van der Waals surface area contributed by atoms with Gasteiger partial charge in [0.1, 0.15) is 20.1 Å². The zero-order valence-electron chi connectivity index (χ0n) is 22.6. The summed E-state index contributed by atoms with van der Waals surface area (Å²) < 4.78 is 12.1. The van der Waals surface area contributed by atoms with Crippen LogP contribution in [-0.4, -0.2) is 47.5 Å². The third-order valence-corrected chi connectivity index (χ3v) is 9.00. The summed E-state index contributed by atoms with van der Waals surface area (Å²) in [5.74, 6) is 0.824. The van der Waals surface area contributed by atoms with Crippen molar-refractivity contribution in [3.8, 4) is 5.75 Å². The van der Waals surface area contributed by atoms with Crippen molar-refractivity contribution in [1.29, 1.82) is 0 Å². The third kappa shape index (κ3) is 8.81. The molecule has 0 bridgehead atoms. The third-order valence-electron chi connectivity index (χ3n) is 7.09. The van der Waals surface area contributed by atoms with E-state index in [0.717, 1.165) is 59.9 Å². The molecule has 8 heteroatoms. The Balaban J connectivity index is 1.23. The highest BCUT2D eigenvalue weighted by Gasteiger charge is 2.25. The van der Waals surface area contributed by atoms with E-state index in [1.165, 1.54) is 25.7 Å². The zero-order valence-corrected chi connectivity index (χ0v) is 23.5. The van der Waals surface area contributed by atoms with Gasteiger partial charge in [-0.1, -0.05) is 50.6 Å². The van der Waals surface area contributed by atoms with Crippen molar-refractivity contribution in [2.45, 2.75) is 70.7 Å². The Bertz CT molecular complexity index is 1090. The maximum atomic E-state index is 12.1. The van der Waals surface area contributed by atoms with Gasteiger partial charge in [0, 0.05) is 16.9 Å². The second-order valence-electron chi connectivity index (χ2n) is 10.5. The summed E-state index contributed by atoms with van der Waals surface area (Å²) in [6, 6.07) is 17.3. The molecule has 0 radical (unpaired) electrons. The quantitative estimate of drug-likeness (QED) is 0.135. The monoisotopic (exact) mass is 539 g/mol. The van der Waals surface area contributed by atoms with Gasteiger partial charge < -0.3 is 24.7 Å². The zero-order chi connectivity index (χ0) is 26.7. The maximum Gasteiger partial charge on any atom is 0.321 e. The molecular weight excluding hydrogens is 497 g/mol. The van der Waals surface area contributed by atoms with Gasteiger partial charge in [0.2, 0.25) is 0 Å². The highest BCUT2D eigenvalue weighted by Crippen LogP contribution is 2.40. The Hall–Kier alpha value is -2.44. The maximum absolute atomic E-state index is 12.1. The van der Waals surface area contributed by atoms with E-state index in [-0.39, 0.29) is 5.66 Å². The van der Waals surface area contributed by atoms with E-state index in [2.05, 4.69) is 41.4 Å². The lowest BCUT2D eigenvalue weighted by atomic mass is 9.93. The van der Waals surface area contributed by atoms with E-state index < -0.39 is 20.3 Å². The van der Waals surface area contributed by atoms with Crippen molar-refractivity contribution in [2.75, 3.05) is 19.7 Å². The van der Waals surface area contributed by atoms with Gasteiger partial charge in [-0.2, -0.15) is 0 Å². The van der Waals surface area contributed by atoms with E-state index in [0.29, 0.717) is 13.0 Å². The average molecular weight is 540 g/mol. The molecule has 0 amide bonds. The van der Waals surface area contributed by atoms with Crippen LogP contribution >= 0.6 is 8.30 Å². The largest absolute Gasteiger partial charge is 0.494 e. The molecule has 3 aromatic rings. The number of para-hydroxylation sites is 1. The van der Waals surface area contributed by atoms with Crippen molar-refractivity contribution >= 4 is 25.2 Å². The topological polar surface area (TPSA) is 95.6 Å². The van der Waals surface area contributed by atoms with Crippen molar-refractivity contribution < 1.29 is 19.2 Å². The Morgan fingerprint density at radius 2 is 1.87 bits per heavy atom. The first-order chi connectivity index (χ1) is 18.5. The molecule has 2 atom stereocenters. The lowest BCUT2D eigenvalue weighted by molar-refractivity contribution is -0.138. The van der Waals surface area contributed by atoms with Crippen LogP contribution in [0.3, 0.4) is 0 Å². The van der Waals surface area contributed by atoms with Crippen LogP contribution in [0.4, 0.5) is 0 Å². The van der Waals surface area contributed by atoms with Crippen molar-refractivity contribution in [3.05, 3.63) is 65.9 Å². The Morgan fingerprint density at radius 1 is 1.11 bits per heavy atom. The highest BCUT2D eigenvalue weighted by molar-refractivity contribution is 7.51. The summed E-state index contributed by atoms with van der Waals surface area (Å²) in [6.07, 6.45) is 6.53. The second kappa shape index (κ2) is 14.6. The molecule has 38 heavy (non-hydrogen) atoms. The first-order valence-electron chi connectivity index (χ1n) is 13.9. The molecule has 0 saturated carbocycles. The number of ether oxygens (including phenoxy) is 1. The van der Waals surface area contributed by atoms with Gasteiger partial charge in [-0.25, -0.2) is 0 Å². The van der Waals surface area contributed by atoms with E-state index in [9.17, 15) is 9.90 Å². The van der Waals surface area contributed by atoms with Crippen molar-refractivity contribution in [2.24, 2.45) is 5.92 Å². The minimum absolute atomic E-state index is 0.168. The highest BCUT2D eigenvalue weighted by atomic mass is 31.2. The Morgan fingerprint density at radius 3 is 2.58 bits per heavy atom. The lowest BCUT2D eigenvalue weighted by Gasteiger charge is -2.26. The summed E-state index contributed by atoms with van der Waals surface area (Å²) in [4.78, 5) is 15.5. The molecule has 2 aromatic carbocycles. The molecule has 206 valence electrons. The fraction of sp³-hybridized carbons (Fsp3) is 0.500. The minimum Gasteiger partial charge on any atom is -0.494 e. The van der Waals surface area contributed by atoms with Crippen LogP contribution in [-0.2, 0) is 22.3 Å². The first-order valence-corrected chi connectivity index (χ1v) is 15.2. The molecule has 0 aliphatic carbocycles. The van der Waals surface area contributed by atoms with Gasteiger partial charge in [-0.15, -0.1) is 0 Å². The number of benzene rings is 2. The van der Waals surface area contributed by atoms with E-state index in [1.807, 2.05) is 42.5 Å². The number of fused-ring (bicyclic) bond motifs is 1. The minimum atomic E-state index is -1.14. The molecule has 1 saturated heterocycles. The van der Waals surface area contributed by atoms with Crippen LogP contribution in [0.1, 0.15) is 57.2 Å². The smallest absolute Gasteiger partial charge is 0.321 e. The molecule has 1 fully saturated rings. The number of hydrogen-bond donors (Lipinski definition) is 4. The molecule has 0 spiro atoms. The van der Waals surface area contributed by atoms with E-state index >= 15 is 0 Å². The van der Waals surface area contributed by atoms with E-state index in [1.54, 1.807) is 0 Å². The number of aromatic amines is 1. The van der Waals surface area contributed by atoms with Gasteiger partial charge in [-0.05, 0) is 86.3 Å². The molecule has 4 N–H and O–H groups in total. The number of aliphatic carboxylic acids is 1. The summed E-state index contributed by atoms with van der Waals surface area (Å²) in [6.45, 7) is 7.55. The number of aromatic nitrogens is 1. The van der Waals surface area contributed by atoms with Crippen LogP contribution in [0.5, 0.6) is 5.75 Å². The van der Waals surface area contributed by atoms with Crippen LogP contribution < -0.4 is 15.1 Å². The first kappa shape index (κ1) is 28.6. The van der Waals surface area contributed by atoms with Crippen molar-refractivity contribution in [1.82, 2.24) is 15.4 Å². The SMILES string of the molecule is CC(C)P(NC(Cc1ccc(OCCCCC2CCNCC2)cc1)C(=O)O)OCc1cc2ccccc2[nH]1. The predicted molar refractivity (Wildman–Crippen MR) is 155 cm³/mol. The number of rotatable bonds is 15. The molecule has 1 aliphatic heterocycles. The van der Waals surface area contributed by atoms with Gasteiger partial charge >= 0.3 is 5.97 Å². The lowest BCUT2D eigenvalue weighted by Crippen LogP contribution is -2.37. The number of unbranched alkanes of at least 4 members (excludes halogenated alkanes) is 1. The second-order valence-corrected chi connectivity index (χ2v) is 12.7. The molecule has 7 nitrogen and oxygen atoms in total. The van der Waals surface area contributed by atoms with Gasteiger partial charge in [-0.3, -0.25) is 9.88 Å². The molecule has 2 unspecified atom stereocenters. The van der Waals surface area contributed by atoms with Crippen LogP contribution in [0.15, 0.2) is 54.6 Å².